The van der Waals surface area contributed by atoms with Gasteiger partial charge in [-0.05, 0) is 35.7 Å². The molecule has 2 aromatic heterocycles. The number of carbonyl (C=O) groups is 1. The molecule has 8 nitrogen and oxygen atoms in total. The van der Waals surface area contributed by atoms with Gasteiger partial charge >= 0.3 is 5.69 Å². The smallest absolute Gasteiger partial charge is 0.352 e. The molecule has 0 aromatic carbocycles. The van der Waals surface area contributed by atoms with Crippen LogP contribution in [0.25, 0.3) is 11.4 Å². The average Bonchev–Trinajstić information content (AvgIpc) is 3.38. The molecule has 2 aliphatic heterocycles. The summed E-state index contributed by atoms with van der Waals surface area (Å²) in [7, 11) is 0. The maximum Gasteiger partial charge on any atom is 0.352 e. The molecule has 2 aliphatic rings. The Morgan fingerprint density at radius 3 is 2.82 bits per heavy atom. The zero-order chi connectivity index (χ0) is 19.5. The van der Waals surface area contributed by atoms with Crippen LogP contribution in [0.1, 0.15) is 10.6 Å². The third-order valence-corrected chi connectivity index (χ3v) is 5.06. The highest BCUT2D eigenvalue weighted by atomic mass is 32.1. The number of nitrogens with one attached hydrogen (secondary N) is 1. The van der Waals surface area contributed by atoms with Gasteiger partial charge in [0.05, 0.1) is 24.9 Å². The molecule has 4 rings (SSSR count). The van der Waals surface area contributed by atoms with Crippen LogP contribution >= 0.6 is 11.3 Å². The number of hydrogen-bond donors (Lipinski definition) is 1. The van der Waals surface area contributed by atoms with Gasteiger partial charge in [0.2, 0.25) is 5.91 Å². The number of nitrogens with zero attached hydrogens (tertiary/aromatic N) is 3. The van der Waals surface area contributed by atoms with Crippen molar-refractivity contribution in [3.05, 3.63) is 85.7 Å². The minimum absolute atomic E-state index is 0.0706. The van der Waals surface area contributed by atoms with Crippen LogP contribution in [0.15, 0.2) is 68.2 Å². The highest BCUT2D eigenvalue weighted by Crippen LogP contribution is 2.14. The minimum Gasteiger partial charge on any atom is -0.467 e. The number of pyridine rings is 1. The Morgan fingerprint density at radius 1 is 1.18 bits per heavy atom. The molecule has 0 aliphatic carbocycles. The second-order valence-electron chi connectivity index (χ2n) is 6.09. The van der Waals surface area contributed by atoms with Crippen LogP contribution in [0.5, 0.6) is 0 Å². The summed E-state index contributed by atoms with van der Waals surface area (Å²) in [5.41, 5.74) is -0.770. The van der Waals surface area contributed by atoms with E-state index in [2.05, 4.69) is 10.3 Å². The number of rotatable bonds is 6. The van der Waals surface area contributed by atoms with Crippen molar-refractivity contribution in [1.82, 2.24) is 19.4 Å². The molecule has 28 heavy (non-hydrogen) atoms. The molecule has 0 saturated heterocycles. The fraction of sp³-hybridized carbons (Fsp3) is 0.158. The van der Waals surface area contributed by atoms with Crippen molar-refractivity contribution in [1.29, 1.82) is 0 Å². The Labute approximate surface area is 163 Å². The third kappa shape index (κ3) is 3.65. The molecular formula is C19H16N4O4S. The molecule has 142 valence electrons. The number of fused-ring (bicyclic) bond motifs is 1. The fourth-order valence-electron chi connectivity index (χ4n) is 2.85. The first-order chi connectivity index (χ1) is 13.6. The molecule has 1 amide bonds. The molecule has 0 unspecified atom stereocenters. The van der Waals surface area contributed by atoms with Gasteiger partial charge in [0.1, 0.15) is 12.3 Å². The molecule has 4 heterocycles. The fourth-order valence-corrected chi connectivity index (χ4v) is 3.55. The van der Waals surface area contributed by atoms with E-state index in [-0.39, 0.29) is 36.9 Å². The summed E-state index contributed by atoms with van der Waals surface area (Å²) in [6.45, 7) is 0.362. The predicted molar refractivity (Wildman–Crippen MR) is 103 cm³/mol. The van der Waals surface area contributed by atoms with Gasteiger partial charge in [0.25, 0.3) is 5.56 Å². The van der Waals surface area contributed by atoms with Crippen LogP contribution in [0, 0.1) is 0 Å². The van der Waals surface area contributed by atoms with E-state index in [1.165, 1.54) is 22.2 Å². The second kappa shape index (κ2) is 7.65. The molecule has 0 fully saturated rings. The van der Waals surface area contributed by atoms with E-state index in [1.54, 1.807) is 30.5 Å². The number of furan rings is 1. The maximum absolute atomic E-state index is 12.8. The first-order valence-corrected chi connectivity index (χ1v) is 9.41. The van der Waals surface area contributed by atoms with Crippen LogP contribution in [0.4, 0.5) is 0 Å². The summed E-state index contributed by atoms with van der Waals surface area (Å²) < 4.78 is 7.77. The lowest BCUT2D eigenvalue weighted by Gasteiger charge is -2.14. The lowest BCUT2D eigenvalue weighted by molar-refractivity contribution is -0.121. The van der Waals surface area contributed by atoms with Crippen LogP contribution in [0.2, 0.25) is 0 Å². The molecule has 0 radical (unpaired) electrons. The van der Waals surface area contributed by atoms with Crippen molar-refractivity contribution >= 4 is 17.2 Å². The molecule has 2 aromatic rings. The number of thiophene rings is 1. The summed E-state index contributed by atoms with van der Waals surface area (Å²) in [5.74, 6) is 0.534. The first-order valence-electron chi connectivity index (χ1n) is 8.53. The van der Waals surface area contributed by atoms with Crippen molar-refractivity contribution in [2.24, 2.45) is 0 Å². The van der Waals surface area contributed by atoms with E-state index in [0.717, 1.165) is 9.44 Å². The number of hydrogen-bond acceptors (Lipinski definition) is 6. The Morgan fingerprint density at radius 2 is 2.07 bits per heavy atom. The van der Waals surface area contributed by atoms with Crippen molar-refractivity contribution in [3.8, 4) is 11.4 Å². The first kappa shape index (κ1) is 17.9. The van der Waals surface area contributed by atoms with Crippen LogP contribution in [-0.2, 0) is 24.4 Å². The summed E-state index contributed by atoms with van der Waals surface area (Å²) in [6, 6.07) is 10.5. The monoisotopic (exact) mass is 396 g/mol. The standard InChI is InChI=1S/C19H16N4O4S/c24-16(20-10-13-4-2-8-27-13)12-22-7-1-6-15-17(22)21-19(26)23(18(15)25)11-14-5-3-9-28-14/h1-9H,10-12H2,(H,20,24). The van der Waals surface area contributed by atoms with E-state index in [9.17, 15) is 14.4 Å². The van der Waals surface area contributed by atoms with Crippen molar-refractivity contribution in [2.75, 3.05) is 0 Å². The molecule has 0 atom stereocenters. The quantitative estimate of drug-likeness (QED) is 0.533. The van der Waals surface area contributed by atoms with E-state index < -0.39 is 11.2 Å². The van der Waals surface area contributed by atoms with Gasteiger partial charge in [-0.25, -0.2) is 4.79 Å². The normalized spacial score (nSPS) is 11.0. The zero-order valence-corrected chi connectivity index (χ0v) is 15.5. The lowest BCUT2D eigenvalue weighted by atomic mass is 10.2. The number of carbonyl (C=O) groups excluding carboxylic acids is 1. The van der Waals surface area contributed by atoms with Gasteiger partial charge in [-0.15, -0.1) is 11.3 Å². The topological polar surface area (TPSA) is 99.1 Å². The Balaban J connectivity index is 1.60. The van der Waals surface area contributed by atoms with Gasteiger partial charge in [-0.2, -0.15) is 4.98 Å². The third-order valence-electron chi connectivity index (χ3n) is 4.20. The van der Waals surface area contributed by atoms with Gasteiger partial charge in [0, 0.05) is 11.1 Å². The van der Waals surface area contributed by atoms with Crippen LogP contribution in [-0.4, -0.2) is 20.0 Å². The highest BCUT2D eigenvalue weighted by Gasteiger charge is 2.18. The summed E-state index contributed by atoms with van der Waals surface area (Å²) in [6.07, 6.45) is 3.14. The molecule has 0 bridgehead atoms. The van der Waals surface area contributed by atoms with Gasteiger partial charge in [0.15, 0.2) is 5.82 Å². The molecule has 0 spiro atoms. The lowest BCUT2D eigenvalue weighted by Crippen LogP contribution is -2.38. The second-order valence-corrected chi connectivity index (χ2v) is 7.13. The van der Waals surface area contributed by atoms with E-state index in [0.29, 0.717) is 5.76 Å². The van der Waals surface area contributed by atoms with Crippen molar-refractivity contribution < 1.29 is 9.21 Å². The highest BCUT2D eigenvalue weighted by molar-refractivity contribution is 7.09. The average molecular weight is 396 g/mol. The van der Waals surface area contributed by atoms with Gasteiger partial charge in [-0.1, -0.05) is 6.07 Å². The molecule has 1 N–H and O–H groups in total. The number of amides is 1. The predicted octanol–water partition coefficient (Wildman–Crippen LogP) is 1.53. The SMILES string of the molecule is O=C(Cn1cccc2c(=O)n(Cc3cccs3)c(=O)nc1-2)NCc1ccco1. The van der Waals surface area contributed by atoms with Gasteiger partial charge < -0.3 is 14.3 Å². The summed E-state index contributed by atoms with van der Waals surface area (Å²) >= 11 is 1.46. The zero-order valence-electron chi connectivity index (χ0n) is 14.7. The minimum atomic E-state index is -0.637. The maximum atomic E-state index is 12.8. The van der Waals surface area contributed by atoms with Crippen LogP contribution in [0.3, 0.4) is 0 Å². The molecular weight excluding hydrogens is 380 g/mol. The van der Waals surface area contributed by atoms with E-state index in [1.807, 2.05) is 17.5 Å². The van der Waals surface area contributed by atoms with Crippen LogP contribution < -0.4 is 16.6 Å². The van der Waals surface area contributed by atoms with E-state index >= 15 is 0 Å². The summed E-state index contributed by atoms with van der Waals surface area (Å²) in [4.78, 5) is 42.4. The van der Waals surface area contributed by atoms with Gasteiger partial charge in [-0.3, -0.25) is 14.2 Å². The van der Waals surface area contributed by atoms with Crippen molar-refractivity contribution in [3.63, 3.8) is 0 Å². The Bertz CT molecular complexity index is 1180. The largest absolute Gasteiger partial charge is 0.467 e. The number of aromatic nitrogens is 3. The Hall–Kier alpha value is -3.46. The molecule has 9 heteroatoms. The Kier molecular flexibility index (Phi) is 4.90. The van der Waals surface area contributed by atoms with Crippen molar-refractivity contribution in [2.45, 2.75) is 19.6 Å². The van der Waals surface area contributed by atoms with E-state index in [4.69, 9.17) is 4.42 Å². The summed E-state index contributed by atoms with van der Waals surface area (Å²) in [5, 5.41) is 4.61. The molecule has 0 saturated carbocycles.